The number of anilines is 1. The van der Waals surface area contributed by atoms with Crippen molar-refractivity contribution in [3.05, 3.63) is 53.0 Å². The van der Waals surface area contributed by atoms with Crippen LogP contribution in [0, 0.1) is 11.2 Å². The molecule has 0 unspecified atom stereocenters. The van der Waals surface area contributed by atoms with E-state index in [2.05, 4.69) is 48.1 Å². The van der Waals surface area contributed by atoms with E-state index in [-0.39, 0.29) is 48.3 Å². The van der Waals surface area contributed by atoms with Gasteiger partial charge in [0.25, 0.3) is 0 Å². The van der Waals surface area contributed by atoms with Crippen molar-refractivity contribution in [3.63, 3.8) is 0 Å². The van der Waals surface area contributed by atoms with Gasteiger partial charge >= 0.3 is 6.09 Å². The molecule has 6 N–H and O–H groups in total. The Morgan fingerprint density at radius 3 is 2.60 bits per heavy atom. The van der Waals surface area contributed by atoms with Gasteiger partial charge in [0.15, 0.2) is 11.6 Å². The minimum Gasteiger partial charge on any atom is -0.483 e. The number of amides is 2. The SMILES string of the molecule is CC(=O)N[C@@H](Cc1cccc(F)c1)[C@H](O)CN[C@H]1CC2(CCC2)Oc2c1cc(CC(C)(C)C)nc2NCCNC(=O)O. The average Bonchev–Trinajstić information content (AvgIpc) is 2.87. The fourth-order valence-electron chi connectivity index (χ4n) is 5.75. The normalized spacial score (nSPS) is 18.7. The van der Waals surface area contributed by atoms with Gasteiger partial charge in [-0.25, -0.2) is 14.2 Å². The number of carboxylic acid groups (broad SMARTS) is 1. The molecule has 2 aromatic rings. The van der Waals surface area contributed by atoms with Crippen LogP contribution < -0.4 is 26.0 Å². The maximum Gasteiger partial charge on any atom is 0.404 e. The molecule has 11 heteroatoms. The third kappa shape index (κ3) is 8.54. The lowest BCUT2D eigenvalue weighted by atomic mass is 9.72. The minimum atomic E-state index is -1.09. The number of aliphatic hydroxyl groups is 1. The number of ether oxygens (including phenoxy) is 1. The number of aliphatic hydroxyl groups excluding tert-OH is 1. The number of nitrogens with one attached hydrogen (secondary N) is 4. The van der Waals surface area contributed by atoms with Gasteiger partial charge in [-0.3, -0.25) is 4.79 Å². The van der Waals surface area contributed by atoms with Crippen molar-refractivity contribution in [3.8, 4) is 5.75 Å². The molecule has 1 aromatic carbocycles. The highest BCUT2D eigenvalue weighted by Crippen LogP contribution is 2.51. The quantitative estimate of drug-likeness (QED) is 0.206. The van der Waals surface area contributed by atoms with Crippen molar-refractivity contribution < 1.29 is 28.9 Å². The highest BCUT2D eigenvalue weighted by molar-refractivity contribution is 5.73. The Bertz CT molecular complexity index is 1260. The molecule has 1 fully saturated rings. The molecular formula is C31H44FN5O5. The minimum absolute atomic E-state index is 0.0182. The Balaban J connectivity index is 1.58. The summed E-state index contributed by atoms with van der Waals surface area (Å²) in [6, 6.07) is 7.48. The van der Waals surface area contributed by atoms with E-state index < -0.39 is 18.2 Å². The van der Waals surface area contributed by atoms with Crippen LogP contribution in [0.2, 0.25) is 0 Å². The number of carbonyl (C=O) groups is 2. The Hall–Kier alpha value is -3.44. The van der Waals surface area contributed by atoms with Gasteiger partial charge in [-0.05, 0) is 61.3 Å². The summed E-state index contributed by atoms with van der Waals surface area (Å²) in [6.07, 6.45) is 2.58. The first kappa shape index (κ1) is 31.5. The summed E-state index contributed by atoms with van der Waals surface area (Å²) in [4.78, 5) is 27.8. The van der Waals surface area contributed by atoms with Gasteiger partial charge in [0, 0.05) is 50.3 Å². The van der Waals surface area contributed by atoms with E-state index in [1.165, 1.54) is 19.1 Å². The van der Waals surface area contributed by atoms with Crippen LogP contribution >= 0.6 is 0 Å². The van der Waals surface area contributed by atoms with Crippen LogP contribution in [0.4, 0.5) is 15.0 Å². The summed E-state index contributed by atoms with van der Waals surface area (Å²) >= 11 is 0. The maximum atomic E-state index is 13.8. The summed E-state index contributed by atoms with van der Waals surface area (Å²) in [7, 11) is 0. The molecular weight excluding hydrogens is 541 g/mol. The summed E-state index contributed by atoms with van der Waals surface area (Å²) in [6.45, 7) is 8.58. The smallest absolute Gasteiger partial charge is 0.404 e. The van der Waals surface area contributed by atoms with Gasteiger partial charge in [0.2, 0.25) is 5.91 Å². The summed E-state index contributed by atoms with van der Waals surface area (Å²) < 4.78 is 20.4. The number of fused-ring (bicyclic) bond motifs is 1. The highest BCUT2D eigenvalue weighted by Gasteiger charge is 2.47. The molecule has 230 valence electrons. The van der Waals surface area contributed by atoms with Crippen molar-refractivity contribution in [2.45, 2.75) is 90.0 Å². The molecule has 0 bridgehead atoms. The van der Waals surface area contributed by atoms with Crippen LogP contribution in [-0.4, -0.2) is 64.6 Å². The van der Waals surface area contributed by atoms with E-state index in [1.54, 1.807) is 12.1 Å². The summed E-state index contributed by atoms with van der Waals surface area (Å²) in [5, 5.41) is 32.2. The average molecular weight is 586 g/mol. The van der Waals surface area contributed by atoms with Crippen LogP contribution in [0.25, 0.3) is 0 Å². The molecule has 1 aromatic heterocycles. The third-order valence-electron chi connectivity index (χ3n) is 7.77. The number of benzene rings is 1. The zero-order valence-corrected chi connectivity index (χ0v) is 24.9. The molecule has 4 rings (SSSR count). The van der Waals surface area contributed by atoms with Crippen LogP contribution in [0.15, 0.2) is 30.3 Å². The first-order chi connectivity index (χ1) is 19.8. The standard InChI is InChI=1S/C31H44FN5O5/c1-19(38)36-24(14-20-7-5-8-21(32)13-20)26(39)18-35-25-17-31(9-6-10-31)42-27-23(25)15-22(16-30(2,3)4)37-28(27)33-11-12-34-29(40)41/h5,7-8,13,15,24-26,34-35,39H,6,9-12,14,16-18H2,1-4H3,(H,33,37)(H,36,38)(H,40,41)/t24-,25-,26+/m0/s1. The Labute approximate surface area is 246 Å². The first-order valence-electron chi connectivity index (χ1n) is 14.7. The number of hydrogen-bond donors (Lipinski definition) is 6. The number of pyridine rings is 1. The van der Waals surface area contributed by atoms with E-state index in [1.807, 2.05) is 0 Å². The third-order valence-corrected chi connectivity index (χ3v) is 7.77. The highest BCUT2D eigenvalue weighted by atomic mass is 19.1. The second kappa shape index (κ2) is 13.2. The van der Waals surface area contributed by atoms with E-state index in [4.69, 9.17) is 14.8 Å². The van der Waals surface area contributed by atoms with Gasteiger partial charge < -0.3 is 36.2 Å². The van der Waals surface area contributed by atoms with E-state index >= 15 is 0 Å². The molecule has 2 amide bonds. The zero-order valence-electron chi connectivity index (χ0n) is 24.9. The molecule has 1 saturated carbocycles. The predicted octanol–water partition coefficient (Wildman–Crippen LogP) is 3.93. The van der Waals surface area contributed by atoms with Crippen molar-refractivity contribution in [1.82, 2.24) is 20.9 Å². The Morgan fingerprint density at radius 2 is 1.98 bits per heavy atom. The van der Waals surface area contributed by atoms with Crippen LogP contribution in [-0.2, 0) is 17.6 Å². The maximum absolute atomic E-state index is 13.8. The molecule has 42 heavy (non-hydrogen) atoms. The fraction of sp³-hybridized carbons (Fsp3) is 0.581. The van der Waals surface area contributed by atoms with E-state index in [9.17, 15) is 19.1 Å². The Kier molecular flexibility index (Phi) is 9.93. The van der Waals surface area contributed by atoms with Crippen molar-refractivity contribution in [1.29, 1.82) is 0 Å². The van der Waals surface area contributed by atoms with Crippen molar-refractivity contribution in [2.75, 3.05) is 25.0 Å². The topological polar surface area (TPSA) is 145 Å². The van der Waals surface area contributed by atoms with Crippen LogP contribution in [0.3, 0.4) is 0 Å². The predicted molar refractivity (Wildman–Crippen MR) is 158 cm³/mol. The van der Waals surface area contributed by atoms with Crippen molar-refractivity contribution in [2.24, 2.45) is 5.41 Å². The lowest BCUT2D eigenvalue weighted by molar-refractivity contribution is -0.120. The van der Waals surface area contributed by atoms with Crippen molar-refractivity contribution >= 4 is 17.8 Å². The van der Waals surface area contributed by atoms with Gasteiger partial charge in [-0.15, -0.1) is 0 Å². The number of halogens is 1. The lowest BCUT2D eigenvalue weighted by Crippen LogP contribution is -2.52. The molecule has 3 atom stereocenters. The molecule has 1 aliphatic heterocycles. The lowest BCUT2D eigenvalue weighted by Gasteiger charge is -2.48. The summed E-state index contributed by atoms with van der Waals surface area (Å²) in [5.74, 6) is 0.596. The molecule has 2 heterocycles. The van der Waals surface area contributed by atoms with Gasteiger partial charge in [0.1, 0.15) is 11.4 Å². The van der Waals surface area contributed by atoms with Gasteiger partial charge in [0.05, 0.1) is 12.1 Å². The fourth-order valence-corrected chi connectivity index (χ4v) is 5.75. The molecule has 10 nitrogen and oxygen atoms in total. The monoisotopic (exact) mass is 585 g/mol. The zero-order chi connectivity index (χ0) is 30.5. The van der Waals surface area contributed by atoms with Gasteiger partial charge in [-0.2, -0.15) is 0 Å². The van der Waals surface area contributed by atoms with E-state index in [0.29, 0.717) is 23.7 Å². The summed E-state index contributed by atoms with van der Waals surface area (Å²) in [5.41, 5.74) is 2.15. The molecule has 1 spiro atoms. The number of nitrogens with zero attached hydrogens (tertiary/aromatic N) is 1. The number of hydrogen-bond acceptors (Lipinski definition) is 7. The molecule has 0 saturated heterocycles. The second-order valence-electron chi connectivity index (χ2n) is 12.8. The number of rotatable bonds is 12. The van der Waals surface area contributed by atoms with E-state index in [0.717, 1.165) is 43.4 Å². The number of aromatic nitrogens is 1. The number of carbonyl (C=O) groups excluding carboxylic acids is 1. The first-order valence-corrected chi connectivity index (χ1v) is 14.7. The Morgan fingerprint density at radius 1 is 1.21 bits per heavy atom. The second-order valence-corrected chi connectivity index (χ2v) is 12.8. The van der Waals surface area contributed by atoms with Crippen LogP contribution in [0.1, 0.15) is 76.2 Å². The van der Waals surface area contributed by atoms with Gasteiger partial charge in [-0.1, -0.05) is 32.9 Å². The molecule has 0 radical (unpaired) electrons. The molecule has 2 aliphatic rings. The largest absolute Gasteiger partial charge is 0.483 e. The van der Waals surface area contributed by atoms with Crippen LogP contribution in [0.5, 0.6) is 5.75 Å². The molecule has 1 aliphatic carbocycles.